The molecule has 0 aromatic heterocycles. The number of aliphatic hydroxyl groups excluding tert-OH is 2. The molecule has 330 valence electrons. The van der Waals surface area contributed by atoms with E-state index in [-0.39, 0.29) is 18.5 Å². The van der Waals surface area contributed by atoms with Gasteiger partial charge < -0.3 is 20.3 Å². The number of carbonyl (C=O) groups excluding carboxylic acids is 2. The smallest absolute Gasteiger partial charge is 0.305 e. The number of rotatable bonds is 45. The Morgan fingerprint density at radius 3 is 1.38 bits per heavy atom. The van der Waals surface area contributed by atoms with Gasteiger partial charge in [0.05, 0.1) is 25.4 Å². The number of ether oxygens (including phenoxy) is 1. The molecule has 0 bridgehead atoms. The zero-order chi connectivity index (χ0) is 40.8. The summed E-state index contributed by atoms with van der Waals surface area (Å²) in [7, 11) is 0. The number of unbranched alkanes of at least 4 members (excludes halogenated alkanes) is 30. The van der Waals surface area contributed by atoms with Crippen molar-refractivity contribution in [2.24, 2.45) is 0 Å². The van der Waals surface area contributed by atoms with Crippen LogP contribution in [0.5, 0.6) is 0 Å². The van der Waals surface area contributed by atoms with Crippen LogP contribution >= 0.6 is 0 Å². The first kappa shape index (κ1) is 54.3. The molecule has 2 unspecified atom stereocenters. The molecule has 0 heterocycles. The van der Waals surface area contributed by atoms with Gasteiger partial charge in [0.2, 0.25) is 5.91 Å². The SMILES string of the molecule is CCCCCC/C=C\C/C=C\CCCCCCCC(=O)OCCCCCCCCCCCC(=O)NC(CO)C(O)CCCCCCCCCCCCCCCC. The number of hydrogen-bond acceptors (Lipinski definition) is 5. The van der Waals surface area contributed by atoms with E-state index in [9.17, 15) is 19.8 Å². The molecule has 0 aromatic rings. The molecule has 0 aliphatic heterocycles. The maximum Gasteiger partial charge on any atom is 0.305 e. The Balaban J connectivity index is 3.51. The predicted octanol–water partition coefficient (Wildman–Crippen LogP) is 14.3. The van der Waals surface area contributed by atoms with Crippen molar-refractivity contribution in [1.29, 1.82) is 0 Å². The van der Waals surface area contributed by atoms with E-state index in [2.05, 4.69) is 43.5 Å². The normalized spacial score (nSPS) is 12.9. The van der Waals surface area contributed by atoms with Crippen LogP contribution in [0, 0.1) is 0 Å². The maximum atomic E-state index is 12.4. The number of carbonyl (C=O) groups is 2. The Hall–Kier alpha value is -1.66. The minimum absolute atomic E-state index is 0.0386. The number of esters is 1. The van der Waals surface area contributed by atoms with Crippen molar-refractivity contribution in [2.45, 2.75) is 270 Å². The van der Waals surface area contributed by atoms with Gasteiger partial charge in [-0.2, -0.15) is 0 Å². The van der Waals surface area contributed by atoms with Gasteiger partial charge in [-0.25, -0.2) is 0 Å². The largest absolute Gasteiger partial charge is 0.466 e. The lowest BCUT2D eigenvalue weighted by Crippen LogP contribution is -2.45. The van der Waals surface area contributed by atoms with Crippen LogP contribution < -0.4 is 5.32 Å². The molecule has 6 heteroatoms. The second-order valence-corrected chi connectivity index (χ2v) is 16.8. The predicted molar refractivity (Wildman–Crippen MR) is 241 cm³/mol. The second-order valence-electron chi connectivity index (χ2n) is 16.8. The average Bonchev–Trinajstić information content (AvgIpc) is 3.20. The van der Waals surface area contributed by atoms with E-state index >= 15 is 0 Å². The van der Waals surface area contributed by atoms with E-state index in [0.717, 1.165) is 70.6 Å². The van der Waals surface area contributed by atoms with Crippen LogP contribution in [0.4, 0.5) is 0 Å². The summed E-state index contributed by atoms with van der Waals surface area (Å²) in [4.78, 5) is 24.5. The molecule has 0 saturated heterocycles. The molecule has 0 radical (unpaired) electrons. The standard InChI is InChI=1S/C50H95NO5/c1-3-5-7-9-11-13-15-17-19-20-22-24-28-32-36-40-44-50(55)56-45-41-37-33-29-25-27-31-35-39-43-49(54)51-47(46-52)48(53)42-38-34-30-26-23-21-18-16-14-12-10-8-6-4-2/h13,15,19-20,47-48,52-53H,3-12,14,16-18,21-46H2,1-2H3,(H,51,54)/b15-13-,20-19-. The number of nitrogens with one attached hydrogen (secondary N) is 1. The van der Waals surface area contributed by atoms with Crippen LogP contribution in [0.3, 0.4) is 0 Å². The molecule has 0 saturated carbocycles. The molecule has 3 N–H and O–H groups in total. The molecular weight excluding hydrogens is 695 g/mol. The number of hydrogen-bond donors (Lipinski definition) is 3. The lowest BCUT2D eigenvalue weighted by molar-refractivity contribution is -0.143. The van der Waals surface area contributed by atoms with E-state index in [1.807, 2.05) is 0 Å². The van der Waals surface area contributed by atoms with Gasteiger partial charge in [0.25, 0.3) is 0 Å². The highest BCUT2D eigenvalue weighted by Gasteiger charge is 2.20. The van der Waals surface area contributed by atoms with Crippen molar-refractivity contribution in [1.82, 2.24) is 5.32 Å². The summed E-state index contributed by atoms with van der Waals surface area (Å²) in [5.41, 5.74) is 0. The van der Waals surface area contributed by atoms with Crippen LogP contribution in [0.15, 0.2) is 24.3 Å². The van der Waals surface area contributed by atoms with Crippen LogP contribution in [0.25, 0.3) is 0 Å². The fraction of sp³-hybridized carbons (Fsp3) is 0.880. The Labute approximate surface area is 348 Å². The molecule has 0 aliphatic rings. The van der Waals surface area contributed by atoms with Crippen molar-refractivity contribution < 1.29 is 24.5 Å². The molecular formula is C50H95NO5. The van der Waals surface area contributed by atoms with Crippen molar-refractivity contribution in [3.8, 4) is 0 Å². The first-order valence-corrected chi connectivity index (χ1v) is 24.6. The molecule has 6 nitrogen and oxygen atoms in total. The Morgan fingerprint density at radius 1 is 0.500 bits per heavy atom. The zero-order valence-electron chi connectivity index (χ0n) is 37.4. The van der Waals surface area contributed by atoms with Crippen molar-refractivity contribution in [3.63, 3.8) is 0 Å². The van der Waals surface area contributed by atoms with Gasteiger partial charge in [-0.3, -0.25) is 9.59 Å². The molecule has 0 aromatic carbocycles. The monoisotopic (exact) mass is 790 g/mol. The molecule has 0 fully saturated rings. The van der Waals surface area contributed by atoms with E-state index in [1.54, 1.807) is 0 Å². The summed E-state index contributed by atoms with van der Waals surface area (Å²) in [5, 5.41) is 23.2. The first-order valence-electron chi connectivity index (χ1n) is 24.6. The van der Waals surface area contributed by atoms with Crippen molar-refractivity contribution in [2.75, 3.05) is 13.2 Å². The fourth-order valence-corrected chi connectivity index (χ4v) is 7.43. The molecule has 1 amide bonds. The highest BCUT2D eigenvalue weighted by atomic mass is 16.5. The maximum absolute atomic E-state index is 12.4. The van der Waals surface area contributed by atoms with Gasteiger partial charge in [-0.15, -0.1) is 0 Å². The summed E-state index contributed by atoms with van der Waals surface area (Å²) in [6.07, 6.45) is 52.7. The molecule has 0 spiro atoms. The van der Waals surface area contributed by atoms with Gasteiger partial charge in [0.1, 0.15) is 0 Å². The highest BCUT2D eigenvalue weighted by Crippen LogP contribution is 2.16. The summed E-state index contributed by atoms with van der Waals surface area (Å²) in [5.74, 6) is -0.103. The van der Waals surface area contributed by atoms with Crippen molar-refractivity contribution >= 4 is 11.9 Å². The van der Waals surface area contributed by atoms with Gasteiger partial charge in [0.15, 0.2) is 0 Å². The van der Waals surface area contributed by atoms with Gasteiger partial charge in [-0.05, 0) is 57.8 Å². The number of allylic oxidation sites excluding steroid dienone is 4. The summed E-state index contributed by atoms with van der Waals surface area (Å²) >= 11 is 0. The van der Waals surface area contributed by atoms with Crippen LogP contribution in [-0.2, 0) is 14.3 Å². The topological polar surface area (TPSA) is 95.9 Å². The van der Waals surface area contributed by atoms with Gasteiger partial charge in [-0.1, -0.05) is 212 Å². The van der Waals surface area contributed by atoms with E-state index in [1.165, 1.54) is 154 Å². The van der Waals surface area contributed by atoms with Gasteiger partial charge in [0, 0.05) is 12.8 Å². The van der Waals surface area contributed by atoms with E-state index in [4.69, 9.17) is 4.74 Å². The third-order valence-electron chi connectivity index (χ3n) is 11.3. The molecule has 2 atom stereocenters. The third-order valence-corrected chi connectivity index (χ3v) is 11.3. The minimum atomic E-state index is -0.682. The van der Waals surface area contributed by atoms with Crippen LogP contribution in [0.2, 0.25) is 0 Å². The third kappa shape index (κ3) is 42.0. The van der Waals surface area contributed by atoms with E-state index in [0.29, 0.717) is 25.9 Å². The van der Waals surface area contributed by atoms with E-state index < -0.39 is 12.1 Å². The average molecular weight is 790 g/mol. The molecule has 0 rings (SSSR count). The zero-order valence-corrected chi connectivity index (χ0v) is 37.4. The number of aliphatic hydroxyl groups is 2. The first-order chi connectivity index (χ1) is 27.5. The lowest BCUT2D eigenvalue weighted by Gasteiger charge is -2.22. The Morgan fingerprint density at radius 2 is 0.893 bits per heavy atom. The Bertz CT molecular complexity index is 874. The Kier molecular flexibility index (Phi) is 44.7. The molecule has 56 heavy (non-hydrogen) atoms. The molecule has 0 aliphatic carbocycles. The van der Waals surface area contributed by atoms with Crippen LogP contribution in [-0.4, -0.2) is 47.4 Å². The van der Waals surface area contributed by atoms with Gasteiger partial charge >= 0.3 is 5.97 Å². The van der Waals surface area contributed by atoms with Crippen molar-refractivity contribution in [3.05, 3.63) is 24.3 Å². The summed E-state index contributed by atoms with van der Waals surface area (Å²) in [6.45, 7) is 4.86. The second kappa shape index (κ2) is 46.0. The number of amides is 1. The summed E-state index contributed by atoms with van der Waals surface area (Å²) < 4.78 is 5.44. The fourth-order valence-electron chi connectivity index (χ4n) is 7.43. The quantitative estimate of drug-likeness (QED) is 0.0324. The summed E-state index contributed by atoms with van der Waals surface area (Å²) in [6, 6.07) is -0.562. The van der Waals surface area contributed by atoms with Crippen LogP contribution in [0.1, 0.15) is 258 Å². The lowest BCUT2D eigenvalue weighted by atomic mass is 10.0. The highest BCUT2D eigenvalue weighted by molar-refractivity contribution is 5.76. The minimum Gasteiger partial charge on any atom is -0.466 e.